The van der Waals surface area contributed by atoms with E-state index in [1.165, 1.54) is 6.92 Å². The van der Waals surface area contributed by atoms with E-state index in [4.69, 9.17) is 4.74 Å². The van der Waals surface area contributed by atoms with Crippen LogP contribution in [-0.4, -0.2) is 41.0 Å². The maximum Gasteiger partial charge on any atom is 0.303 e. The molecule has 0 bridgehead atoms. The average molecular weight is 492 g/mol. The largest absolute Gasteiger partial charge is 0.457 e. The molecule has 2 aliphatic carbocycles. The molecule has 1 aromatic rings. The van der Waals surface area contributed by atoms with Crippen LogP contribution in [0, 0.1) is 29.1 Å². The Morgan fingerprint density at radius 2 is 1.78 bits per heavy atom. The lowest BCUT2D eigenvalue weighted by Crippen LogP contribution is -2.58. The van der Waals surface area contributed by atoms with E-state index in [1.807, 2.05) is 70.2 Å². The van der Waals surface area contributed by atoms with Gasteiger partial charge in [-0.15, -0.1) is 0 Å². The van der Waals surface area contributed by atoms with E-state index >= 15 is 0 Å². The van der Waals surface area contributed by atoms with Crippen LogP contribution in [0.4, 0.5) is 0 Å². The quantitative estimate of drug-likeness (QED) is 0.494. The number of ether oxygens (including phenoxy) is 1. The lowest BCUT2D eigenvalue weighted by atomic mass is 9.54. The first-order valence-electron chi connectivity index (χ1n) is 12.8. The number of carbonyl (C=O) groups excluding carboxylic acids is 3. The summed E-state index contributed by atoms with van der Waals surface area (Å²) in [6.45, 7) is 8.93. The van der Waals surface area contributed by atoms with Crippen molar-refractivity contribution in [3.63, 3.8) is 0 Å². The topological polar surface area (TPSA) is 92.7 Å². The van der Waals surface area contributed by atoms with Crippen molar-refractivity contribution < 1.29 is 24.2 Å². The Hall–Kier alpha value is -2.99. The standard InChI is InChI=1S/C30H37NO5/c1-17-10-9-13-23-28(34)20(4)19(3)26-24(16-22-11-7-6-8-12-22)31-29(35)30(23,26)25(36-21(5)32)15-14-18(2)27(17)33/h6-9,11-15,17-18,23-26,28,34H,10,16H2,1-5H3,(H,31,35)/b13-9+,15-14?/t17-,18-,23-,24-,25?,26-,28+,30-/m0/s1. The number of allylic oxidation sites excluding steroid dienone is 2. The van der Waals surface area contributed by atoms with Crippen molar-refractivity contribution in [1.29, 1.82) is 0 Å². The fourth-order valence-electron chi connectivity index (χ4n) is 6.51. The molecule has 1 aromatic carbocycles. The van der Waals surface area contributed by atoms with Gasteiger partial charge in [0.1, 0.15) is 17.3 Å². The first kappa shape index (κ1) is 26.1. The molecule has 1 amide bonds. The summed E-state index contributed by atoms with van der Waals surface area (Å²) in [6, 6.07) is 9.74. The van der Waals surface area contributed by atoms with E-state index in [0.29, 0.717) is 12.8 Å². The first-order valence-corrected chi connectivity index (χ1v) is 12.8. The van der Waals surface area contributed by atoms with E-state index in [0.717, 1.165) is 16.7 Å². The van der Waals surface area contributed by atoms with Gasteiger partial charge in [0.25, 0.3) is 0 Å². The van der Waals surface area contributed by atoms with Gasteiger partial charge in [-0.05, 0) is 43.9 Å². The Kier molecular flexibility index (Phi) is 7.37. The van der Waals surface area contributed by atoms with Crippen molar-refractivity contribution >= 4 is 17.7 Å². The smallest absolute Gasteiger partial charge is 0.303 e. The predicted octanol–water partition coefficient (Wildman–Crippen LogP) is 3.95. The number of benzene rings is 1. The summed E-state index contributed by atoms with van der Waals surface area (Å²) in [5.74, 6) is -2.22. The third-order valence-electron chi connectivity index (χ3n) is 8.45. The van der Waals surface area contributed by atoms with Gasteiger partial charge < -0.3 is 15.2 Å². The van der Waals surface area contributed by atoms with Crippen LogP contribution in [0.3, 0.4) is 0 Å². The van der Waals surface area contributed by atoms with Crippen LogP contribution in [0.2, 0.25) is 0 Å². The van der Waals surface area contributed by atoms with Crippen LogP contribution >= 0.6 is 0 Å². The van der Waals surface area contributed by atoms with Gasteiger partial charge in [0, 0.05) is 36.6 Å². The van der Waals surface area contributed by atoms with Gasteiger partial charge in [0.05, 0.1) is 6.10 Å². The summed E-state index contributed by atoms with van der Waals surface area (Å²) in [6.07, 6.45) is 6.50. The molecular formula is C30H37NO5. The monoisotopic (exact) mass is 491 g/mol. The molecule has 0 aromatic heterocycles. The number of ketones is 1. The summed E-state index contributed by atoms with van der Waals surface area (Å²) < 4.78 is 5.88. The number of esters is 1. The lowest BCUT2D eigenvalue weighted by molar-refractivity contribution is -0.161. The SMILES string of the molecule is CC(=O)OC1C=C[C@H](C)C(=O)[C@@H](C)C/C=C/[C@H]2[C@H](O)C(C)=C(C)[C@H]3[C@H](Cc4ccccc4)NC(=O)[C@]123. The third-order valence-corrected chi connectivity index (χ3v) is 8.45. The zero-order valence-electron chi connectivity index (χ0n) is 21.7. The summed E-state index contributed by atoms with van der Waals surface area (Å²) in [4.78, 5) is 39.4. The molecule has 1 unspecified atom stereocenters. The molecular weight excluding hydrogens is 454 g/mol. The van der Waals surface area contributed by atoms with E-state index in [9.17, 15) is 19.5 Å². The van der Waals surface area contributed by atoms with Crippen LogP contribution in [0.15, 0.2) is 65.8 Å². The Morgan fingerprint density at radius 1 is 1.08 bits per heavy atom. The molecule has 1 spiro atoms. The summed E-state index contributed by atoms with van der Waals surface area (Å²) in [7, 11) is 0. The van der Waals surface area contributed by atoms with Crippen molar-refractivity contribution in [1.82, 2.24) is 5.32 Å². The van der Waals surface area contributed by atoms with Gasteiger partial charge in [0.2, 0.25) is 5.91 Å². The van der Waals surface area contributed by atoms with Gasteiger partial charge in [0.15, 0.2) is 0 Å². The molecule has 1 fully saturated rings. The zero-order valence-corrected chi connectivity index (χ0v) is 21.7. The van der Waals surface area contributed by atoms with Gasteiger partial charge >= 0.3 is 5.97 Å². The molecule has 6 nitrogen and oxygen atoms in total. The van der Waals surface area contributed by atoms with E-state index < -0.39 is 35.4 Å². The molecule has 2 N–H and O–H groups in total. The normalized spacial score (nSPS) is 37.4. The number of hydrogen-bond acceptors (Lipinski definition) is 5. The highest BCUT2D eigenvalue weighted by Crippen LogP contribution is 2.57. The Morgan fingerprint density at radius 3 is 2.44 bits per heavy atom. The molecule has 6 heteroatoms. The molecule has 4 rings (SSSR count). The maximum absolute atomic E-state index is 14.1. The average Bonchev–Trinajstić information content (AvgIpc) is 3.13. The second-order valence-electron chi connectivity index (χ2n) is 10.7. The van der Waals surface area contributed by atoms with Crippen LogP contribution in [0.5, 0.6) is 0 Å². The number of amides is 1. The van der Waals surface area contributed by atoms with E-state index in [2.05, 4.69) is 5.32 Å². The second kappa shape index (κ2) is 10.2. The number of aliphatic hydroxyl groups excluding tert-OH is 1. The minimum atomic E-state index is -1.25. The van der Waals surface area contributed by atoms with Crippen LogP contribution in [0.1, 0.15) is 46.6 Å². The van der Waals surface area contributed by atoms with Crippen molar-refractivity contribution in [2.75, 3.05) is 0 Å². The summed E-state index contributed by atoms with van der Waals surface area (Å²) in [5, 5.41) is 14.8. The van der Waals surface area contributed by atoms with E-state index in [-0.39, 0.29) is 29.6 Å². The number of aliphatic hydroxyl groups is 1. The molecule has 192 valence electrons. The van der Waals surface area contributed by atoms with Gasteiger partial charge in [-0.3, -0.25) is 14.4 Å². The van der Waals surface area contributed by atoms with Crippen LogP contribution in [0.25, 0.3) is 0 Å². The summed E-state index contributed by atoms with van der Waals surface area (Å²) in [5.41, 5.74) is 1.60. The molecule has 0 saturated carbocycles. The van der Waals surface area contributed by atoms with Crippen LogP contribution in [-0.2, 0) is 25.5 Å². The van der Waals surface area contributed by atoms with Crippen LogP contribution < -0.4 is 5.32 Å². The van der Waals surface area contributed by atoms with Gasteiger partial charge in [-0.1, -0.05) is 68.0 Å². The van der Waals surface area contributed by atoms with Gasteiger partial charge in [-0.2, -0.15) is 0 Å². The minimum absolute atomic E-state index is 0.0836. The number of rotatable bonds is 3. The van der Waals surface area contributed by atoms with E-state index in [1.54, 1.807) is 12.2 Å². The highest BCUT2D eigenvalue weighted by molar-refractivity contribution is 5.90. The number of hydrogen-bond donors (Lipinski definition) is 2. The fraction of sp³-hybridized carbons (Fsp3) is 0.500. The Labute approximate surface area is 213 Å². The molecule has 36 heavy (non-hydrogen) atoms. The van der Waals surface area contributed by atoms with Crippen molar-refractivity contribution in [3.8, 4) is 0 Å². The minimum Gasteiger partial charge on any atom is -0.457 e. The highest BCUT2D eigenvalue weighted by Gasteiger charge is 2.67. The molecule has 8 atom stereocenters. The maximum atomic E-state index is 14.1. The highest BCUT2D eigenvalue weighted by atomic mass is 16.5. The fourth-order valence-corrected chi connectivity index (χ4v) is 6.51. The number of carbonyl (C=O) groups is 3. The second-order valence-corrected chi connectivity index (χ2v) is 10.7. The molecule has 1 heterocycles. The predicted molar refractivity (Wildman–Crippen MR) is 138 cm³/mol. The molecule has 3 aliphatic rings. The molecule has 1 saturated heterocycles. The summed E-state index contributed by atoms with van der Waals surface area (Å²) >= 11 is 0. The lowest BCUT2D eigenvalue weighted by Gasteiger charge is -2.49. The Bertz CT molecular complexity index is 1120. The van der Waals surface area contributed by atoms with Crippen molar-refractivity contribution in [3.05, 3.63) is 71.3 Å². The van der Waals surface area contributed by atoms with Crippen molar-refractivity contribution in [2.24, 2.45) is 29.1 Å². The third kappa shape index (κ3) is 4.36. The number of Topliss-reactive ketones (excluding diaryl/α,β-unsaturated/α-hetero) is 1. The molecule has 1 aliphatic heterocycles. The van der Waals surface area contributed by atoms with Gasteiger partial charge in [-0.25, -0.2) is 0 Å². The first-order chi connectivity index (χ1) is 17.1. The number of nitrogens with one attached hydrogen (secondary N) is 1. The zero-order chi connectivity index (χ0) is 26.2. The Balaban J connectivity index is 1.94. The van der Waals surface area contributed by atoms with Crippen molar-refractivity contribution in [2.45, 2.75) is 65.7 Å². The molecule has 0 radical (unpaired) electrons.